The van der Waals surface area contributed by atoms with Crippen LogP contribution in [0.5, 0.6) is 0 Å². The predicted molar refractivity (Wildman–Crippen MR) is 66.6 cm³/mol. The van der Waals surface area contributed by atoms with E-state index in [0.717, 1.165) is 17.9 Å². The monoisotopic (exact) mass is 246 g/mol. The summed E-state index contributed by atoms with van der Waals surface area (Å²) in [5.74, 6) is 1.21. The molecule has 2 saturated carbocycles. The Kier molecular flexibility index (Phi) is 2.58. The molecule has 0 aliphatic heterocycles. The Morgan fingerprint density at radius 1 is 1.00 bits per heavy atom. The highest BCUT2D eigenvalue weighted by molar-refractivity contribution is 7.91. The standard InChI is InChI=1S/C11H22O2SSi/c1-14(12,13)10-6-9-5-8(10)7-11(9)15(2,3)4/h8-11H,5-7H2,1-4H3. The second kappa shape index (κ2) is 3.33. The summed E-state index contributed by atoms with van der Waals surface area (Å²) in [5, 5.41) is -0.00454. The van der Waals surface area contributed by atoms with Gasteiger partial charge in [-0.3, -0.25) is 0 Å². The molecule has 0 radical (unpaired) electrons. The molecule has 0 N–H and O–H groups in total. The molecule has 2 aliphatic carbocycles. The summed E-state index contributed by atoms with van der Waals surface area (Å²) in [6.45, 7) is 7.27. The van der Waals surface area contributed by atoms with E-state index in [9.17, 15) is 8.42 Å². The van der Waals surface area contributed by atoms with E-state index >= 15 is 0 Å². The largest absolute Gasteiger partial charge is 0.229 e. The van der Waals surface area contributed by atoms with E-state index in [1.54, 1.807) is 0 Å². The minimum absolute atomic E-state index is 0.00454. The molecule has 4 atom stereocenters. The molecule has 0 aromatic heterocycles. The minimum atomic E-state index is -2.79. The Morgan fingerprint density at radius 2 is 1.60 bits per heavy atom. The van der Waals surface area contributed by atoms with Gasteiger partial charge in [-0.05, 0) is 36.6 Å². The normalized spacial score (nSPS) is 41.1. The summed E-state index contributed by atoms with van der Waals surface area (Å²) in [6, 6.07) is 0. The molecule has 2 aliphatic rings. The molecule has 2 nitrogen and oxygen atoms in total. The minimum Gasteiger partial charge on any atom is -0.229 e. The zero-order valence-electron chi connectivity index (χ0n) is 10.2. The third kappa shape index (κ3) is 2.03. The SMILES string of the molecule is C[Si](C)(C)C1CC2CC1CC2S(C)(=O)=O. The van der Waals surface area contributed by atoms with Gasteiger partial charge in [0.15, 0.2) is 9.84 Å². The Bertz CT molecular complexity index is 355. The van der Waals surface area contributed by atoms with Crippen LogP contribution in [0.1, 0.15) is 19.3 Å². The lowest BCUT2D eigenvalue weighted by atomic mass is 9.99. The van der Waals surface area contributed by atoms with Gasteiger partial charge in [-0.25, -0.2) is 8.42 Å². The average molecular weight is 246 g/mol. The van der Waals surface area contributed by atoms with Crippen LogP contribution in [0.4, 0.5) is 0 Å². The molecule has 0 aromatic carbocycles. The van der Waals surface area contributed by atoms with Gasteiger partial charge in [0.1, 0.15) is 0 Å². The molecular weight excluding hydrogens is 224 g/mol. The molecular formula is C11H22O2SSi. The first-order chi connectivity index (χ1) is 6.69. The van der Waals surface area contributed by atoms with Gasteiger partial charge >= 0.3 is 0 Å². The number of hydrogen-bond donors (Lipinski definition) is 0. The first kappa shape index (κ1) is 11.6. The number of hydrogen-bond acceptors (Lipinski definition) is 2. The van der Waals surface area contributed by atoms with Crippen molar-refractivity contribution in [1.82, 2.24) is 0 Å². The third-order valence-electron chi connectivity index (χ3n) is 4.45. The highest BCUT2D eigenvalue weighted by Crippen LogP contribution is 2.56. The third-order valence-corrected chi connectivity index (χ3v) is 9.06. The van der Waals surface area contributed by atoms with Crippen LogP contribution < -0.4 is 0 Å². The van der Waals surface area contributed by atoms with Crippen LogP contribution in [-0.2, 0) is 9.84 Å². The molecule has 4 unspecified atom stereocenters. The van der Waals surface area contributed by atoms with Crippen LogP contribution in [0.3, 0.4) is 0 Å². The van der Waals surface area contributed by atoms with Gasteiger partial charge < -0.3 is 0 Å². The maximum absolute atomic E-state index is 11.6. The Hall–Kier alpha value is 0.167. The average Bonchev–Trinajstić information content (AvgIpc) is 2.57. The van der Waals surface area contributed by atoms with E-state index < -0.39 is 17.9 Å². The van der Waals surface area contributed by atoms with Gasteiger partial charge in [-0.1, -0.05) is 19.6 Å². The Labute approximate surface area is 94.4 Å². The quantitative estimate of drug-likeness (QED) is 0.702. The van der Waals surface area contributed by atoms with Gasteiger partial charge in [0, 0.05) is 14.3 Å². The molecule has 0 heterocycles. The summed E-state index contributed by atoms with van der Waals surface area (Å²) in [4.78, 5) is 0. The van der Waals surface area contributed by atoms with Crippen molar-refractivity contribution < 1.29 is 8.42 Å². The first-order valence-corrected chi connectivity index (χ1v) is 11.4. The fourth-order valence-electron chi connectivity index (χ4n) is 3.81. The van der Waals surface area contributed by atoms with Gasteiger partial charge in [0.05, 0.1) is 5.25 Å². The van der Waals surface area contributed by atoms with Crippen LogP contribution >= 0.6 is 0 Å². The van der Waals surface area contributed by atoms with E-state index in [4.69, 9.17) is 0 Å². The van der Waals surface area contributed by atoms with Gasteiger partial charge in [-0.2, -0.15) is 0 Å². The molecule has 2 fully saturated rings. The second-order valence-corrected chi connectivity index (χ2v) is 14.3. The first-order valence-electron chi connectivity index (χ1n) is 5.88. The van der Waals surface area contributed by atoms with E-state index in [1.165, 1.54) is 19.1 Å². The van der Waals surface area contributed by atoms with E-state index in [2.05, 4.69) is 19.6 Å². The van der Waals surface area contributed by atoms with Crippen molar-refractivity contribution in [2.75, 3.05) is 6.26 Å². The van der Waals surface area contributed by atoms with E-state index in [0.29, 0.717) is 5.92 Å². The van der Waals surface area contributed by atoms with Gasteiger partial charge in [0.2, 0.25) is 0 Å². The van der Waals surface area contributed by atoms with Crippen molar-refractivity contribution in [1.29, 1.82) is 0 Å². The molecule has 2 rings (SSSR count). The molecule has 0 aromatic rings. The van der Waals surface area contributed by atoms with Gasteiger partial charge in [-0.15, -0.1) is 0 Å². The van der Waals surface area contributed by atoms with E-state index in [-0.39, 0.29) is 5.25 Å². The zero-order chi connectivity index (χ0) is 11.4. The fourth-order valence-corrected chi connectivity index (χ4v) is 8.02. The maximum atomic E-state index is 11.6. The van der Waals surface area contributed by atoms with Crippen molar-refractivity contribution in [3.8, 4) is 0 Å². The van der Waals surface area contributed by atoms with Crippen molar-refractivity contribution in [2.24, 2.45) is 11.8 Å². The van der Waals surface area contributed by atoms with Crippen molar-refractivity contribution >= 4 is 17.9 Å². The van der Waals surface area contributed by atoms with Gasteiger partial charge in [0.25, 0.3) is 0 Å². The van der Waals surface area contributed by atoms with Crippen LogP contribution in [0.25, 0.3) is 0 Å². The van der Waals surface area contributed by atoms with Crippen LogP contribution in [0, 0.1) is 11.8 Å². The lowest BCUT2D eigenvalue weighted by molar-refractivity contribution is 0.458. The van der Waals surface area contributed by atoms with Crippen molar-refractivity contribution in [3.05, 3.63) is 0 Å². The van der Waals surface area contributed by atoms with Crippen molar-refractivity contribution in [2.45, 2.75) is 49.7 Å². The summed E-state index contributed by atoms with van der Waals surface area (Å²) >= 11 is 0. The summed E-state index contributed by atoms with van der Waals surface area (Å²) in [5.41, 5.74) is 0.875. The number of sulfone groups is 1. The molecule has 0 saturated heterocycles. The number of fused-ring (bicyclic) bond motifs is 2. The highest BCUT2D eigenvalue weighted by atomic mass is 32.2. The summed E-state index contributed by atoms with van der Waals surface area (Å²) < 4.78 is 23.2. The number of rotatable bonds is 2. The summed E-state index contributed by atoms with van der Waals surface area (Å²) in [6.07, 6.45) is 4.76. The highest BCUT2D eigenvalue weighted by Gasteiger charge is 2.52. The topological polar surface area (TPSA) is 34.1 Å². The maximum Gasteiger partial charge on any atom is 0.150 e. The van der Waals surface area contributed by atoms with E-state index in [1.807, 2.05) is 0 Å². The molecule has 0 spiro atoms. The smallest absolute Gasteiger partial charge is 0.150 e. The Balaban J connectivity index is 2.14. The van der Waals surface area contributed by atoms with Crippen LogP contribution in [-0.4, -0.2) is 28.0 Å². The fraction of sp³-hybridized carbons (Fsp3) is 1.00. The summed E-state index contributed by atoms with van der Waals surface area (Å²) in [7, 11) is -3.85. The molecule has 0 amide bonds. The molecule has 2 bridgehead atoms. The zero-order valence-corrected chi connectivity index (χ0v) is 12.0. The van der Waals surface area contributed by atoms with Crippen molar-refractivity contribution in [3.63, 3.8) is 0 Å². The lowest BCUT2D eigenvalue weighted by Crippen LogP contribution is -2.36. The Morgan fingerprint density at radius 3 is 1.93 bits per heavy atom. The molecule has 15 heavy (non-hydrogen) atoms. The molecule has 88 valence electrons. The van der Waals surface area contributed by atoms with Crippen LogP contribution in [0.2, 0.25) is 25.2 Å². The second-order valence-electron chi connectivity index (χ2n) is 6.57. The predicted octanol–water partition coefficient (Wildman–Crippen LogP) is 2.54. The lowest BCUT2D eigenvalue weighted by Gasteiger charge is -2.34. The molecule has 4 heteroatoms. The van der Waals surface area contributed by atoms with Crippen LogP contribution in [0.15, 0.2) is 0 Å².